The number of hydrogen-bond acceptors (Lipinski definition) is 3. The third-order valence-electron chi connectivity index (χ3n) is 4.24. The molecule has 0 aliphatic carbocycles. The van der Waals surface area contributed by atoms with E-state index in [2.05, 4.69) is 31.2 Å². The molecule has 120 valence electrons. The highest BCUT2D eigenvalue weighted by molar-refractivity contribution is 7.80. The van der Waals surface area contributed by atoms with Crippen molar-refractivity contribution in [2.45, 2.75) is 18.6 Å². The third-order valence-corrected chi connectivity index (χ3v) is 4.59. The van der Waals surface area contributed by atoms with E-state index in [1.54, 1.807) is 0 Å². The second kappa shape index (κ2) is 6.41. The van der Waals surface area contributed by atoms with Crippen molar-refractivity contribution in [2.75, 3.05) is 0 Å². The lowest BCUT2D eigenvalue weighted by Crippen LogP contribution is -2.29. The van der Waals surface area contributed by atoms with Gasteiger partial charge in [-0.25, -0.2) is 0 Å². The van der Waals surface area contributed by atoms with E-state index in [9.17, 15) is 0 Å². The highest BCUT2D eigenvalue weighted by atomic mass is 32.1. The van der Waals surface area contributed by atoms with Crippen LogP contribution >= 0.6 is 12.2 Å². The van der Waals surface area contributed by atoms with E-state index in [-0.39, 0.29) is 12.1 Å². The zero-order valence-corrected chi connectivity index (χ0v) is 13.8. The van der Waals surface area contributed by atoms with Gasteiger partial charge in [0.05, 0.1) is 17.8 Å². The van der Waals surface area contributed by atoms with Gasteiger partial charge >= 0.3 is 0 Å². The van der Waals surface area contributed by atoms with Crippen LogP contribution in [0.1, 0.15) is 29.0 Å². The second-order valence-corrected chi connectivity index (χ2v) is 6.12. The first-order valence-electron chi connectivity index (χ1n) is 7.83. The van der Waals surface area contributed by atoms with Gasteiger partial charge in [-0.15, -0.1) is 0 Å². The van der Waals surface area contributed by atoms with Crippen LogP contribution in [0.4, 0.5) is 0 Å². The monoisotopic (exact) mass is 335 g/mol. The van der Waals surface area contributed by atoms with E-state index in [1.165, 1.54) is 5.56 Å². The van der Waals surface area contributed by atoms with Crippen molar-refractivity contribution in [3.8, 4) is 0 Å². The Hall–Kier alpha value is -2.73. The largest absolute Gasteiger partial charge is 0.363 e. The number of thiocarbonyl (C=S) groups is 1. The molecule has 5 nitrogen and oxygen atoms in total. The van der Waals surface area contributed by atoms with Crippen LogP contribution in [0.2, 0.25) is 0 Å². The lowest BCUT2D eigenvalue weighted by Gasteiger charge is -2.27. The molecule has 4 rings (SSSR count). The molecule has 1 saturated heterocycles. The SMILES string of the molecule is S=C1NC(c2ccccn2)C(c2ccc[nH]2)N1Cc1ccncc1. The minimum Gasteiger partial charge on any atom is -0.363 e. The maximum atomic E-state index is 5.63. The predicted octanol–water partition coefficient (Wildman–Crippen LogP) is 2.98. The summed E-state index contributed by atoms with van der Waals surface area (Å²) in [4.78, 5) is 14.1. The molecule has 2 atom stereocenters. The first-order valence-corrected chi connectivity index (χ1v) is 8.24. The molecule has 0 saturated carbocycles. The minimum absolute atomic E-state index is 0.0131. The fourth-order valence-corrected chi connectivity index (χ4v) is 3.43. The number of aromatic amines is 1. The van der Waals surface area contributed by atoms with Crippen LogP contribution in [0.25, 0.3) is 0 Å². The second-order valence-electron chi connectivity index (χ2n) is 5.74. The van der Waals surface area contributed by atoms with Crippen LogP contribution in [0.15, 0.2) is 67.3 Å². The van der Waals surface area contributed by atoms with Crippen LogP contribution in [-0.2, 0) is 6.54 Å². The molecule has 0 spiro atoms. The summed E-state index contributed by atoms with van der Waals surface area (Å²) in [6, 6.07) is 14.2. The van der Waals surface area contributed by atoms with E-state index in [4.69, 9.17) is 12.2 Å². The topological polar surface area (TPSA) is 56.8 Å². The van der Waals surface area contributed by atoms with Gasteiger partial charge in [0.25, 0.3) is 0 Å². The number of nitrogens with zero attached hydrogens (tertiary/aromatic N) is 3. The average Bonchev–Trinajstić information content (AvgIpc) is 3.25. The smallest absolute Gasteiger partial charge is 0.170 e. The molecule has 3 aromatic rings. The van der Waals surface area contributed by atoms with E-state index in [0.717, 1.165) is 23.0 Å². The summed E-state index contributed by atoms with van der Waals surface area (Å²) in [6.45, 7) is 0.724. The highest BCUT2D eigenvalue weighted by Gasteiger charge is 2.40. The fourth-order valence-electron chi connectivity index (χ4n) is 3.13. The summed E-state index contributed by atoms with van der Waals surface area (Å²) >= 11 is 5.63. The van der Waals surface area contributed by atoms with Gasteiger partial charge in [-0.2, -0.15) is 0 Å². The zero-order chi connectivity index (χ0) is 16.4. The van der Waals surface area contributed by atoms with Crippen molar-refractivity contribution >= 4 is 17.3 Å². The van der Waals surface area contributed by atoms with Crippen molar-refractivity contribution < 1.29 is 0 Å². The molecule has 24 heavy (non-hydrogen) atoms. The van der Waals surface area contributed by atoms with Crippen LogP contribution in [0.3, 0.4) is 0 Å². The number of aromatic nitrogens is 3. The lowest BCUT2D eigenvalue weighted by atomic mass is 10.0. The number of H-pyrrole nitrogens is 1. The van der Waals surface area contributed by atoms with Crippen LogP contribution in [0, 0.1) is 0 Å². The molecule has 6 heteroatoms. The van der Waals surface area contributed by atoms with Crippen LogP contribution in [-0.4, -0.2) is 25.0 Å². The minimum atomic E-state index is 0.0131. The number of hydrogen-bond donors (Lipinski definition) is 2. The molecule has 0 amide bonds. The molecule has 3 aromatic heterocycles. The van der Waals surface area contributed by atoms with Crippen molar-refractivity contribution in [1.82, 2.24) is 25.2 Å². The summed E-state index contributed by atoms with van der Waals surface area (Å²) in [7, 11) is 0. The Bertz CT molecular complexity index is 804. The van der Waals surface area contributed by atoms with Gasteiger partial charge in [0.1, 0.15) is 0 Å². The third kappa shape index (κ3) is 2.76. The Labute approximate surface area is 145 Å². The maximum absolute atomic E-state index is 5.63. The first-order chi connectivity index (χ1) is 11.8. The molecule has 0 bridgehead atoms. The molecule has 0 radical (unpaired) electrons. The van der Waals surface area contributed by atoms with E-state index in [1.807, 2.05) is 61.2 Å². The summed E-state index contributed by atoms with van der Waals surface area (Å²) in [5, 5.41) is 4.18. The summed E-state index contributed by atoms with van der Waals surface area (Å²) in [6.07, 6.45) is 7.37. The molecular weight excluding hydrogens is 318 g/mol. The summed E-state index contributed by atoms with van der Waals surface area (Å²) in [5.41, 5.74) is 3.27. The number of pyridine rings is 2. The predicted molar refractivity (Wildman–Crippen MR) is 96.0 cm³/mol. The zero-order valence-electron chi connectivity index (χ0n) is 13.0. The van der Waals surface area contributed by atoms with Gasteiger partial charge in [0.2, 0.25) is 0 Å². The summed E-state index contributed by atoms with van der Waals surface area (Å²) < 4.78 is 0. The molecule has 1 aliphatic heterocycles. The summed E-state index contributed by atoms with van der Waals surface area (Å²) in [5.74, 6) is 0. The average molecular weight is 335 g/mol. The van der Waals surface area contributed by atoms with Gasteiger partial charge in [-0.1, -0.05) is 6.07 Å². The Kier molecular flexibility index (Phi) is 3.96. The van der Waals surface area contributed by atoms with Crippen molar-refractivity contribution in [3.63, 3.8) is 0 Å². The van der Waals surface area contributed by atoms with Gasteiger partial charge in [-0.05, 0) is 54.2 Å². The Balaban J connectivity index is 1.71. The van der Waals surface area contributed by atoms with Gasteiger partial charge in [-0.3, -0.25) is 9.97 Å². The lowest BCUT2D eigenvalue weighted by molar-refractivity contribution is 0.306. The van der Waals surface area contributed by atoms with Gasteiger partial charge in [0.15, 0.2) is 5.11 Å². The first kappa shape index (κ1) is 14.8. The van der Waals surface area contributed by atoms with E-state index in [0.29, 0.717) is 0 Å². The Morgan fingerprint density at radius 2 is 1.92 bits per heavy atom. The Morgan fingerprint density at radius 3 is 2.62 bits per heavy atom. The number of rotatable bonds is 4. The van der Waals surface area contributed by atoms with Crippen molar-refractivity contribution in [2.24, 2.45) is 0 Å². The molecule has 1 fully saturated rings. The maximum Gasteiger partial charge on any atom is 0.170 e. The van der Waals surface area contributed by atoms with E-state index >= 15 is 0 Å². The van der Waals surface area contributed by atoms with E-state index < -0.39 is 0 Å². The molecule has 0 aromatic carbocycles. The fraction of sp³-hybridized carbons (Fsp3) is 0.167. The molecular formula is C18H17N5S. The molecule has 1 aliphatic rings. The van der Waals surface area contributed by atoms with Crippen molar-refractivity contribution in [3.05, 3.63) is 84.2 Å². The van der Waals surface area contributed by atoms with Gasteiger partial charge in [0, 0.05) is 37.0 Å². The standard InChI is InChI=1S/C18H17N5S/c24-18-22-16(14-4-1-2-8-20-14)17(15-5-3-9-21-15)23(18)12-13-6-10-19-11-7-13/h1-11,16-17,21H,12H2,(H,22,24). The normalized spacial score (nSPS) is 20.2. The van der Waals surface area contributed by atoms with Crippen LogP contribution in [0.5, 0.6) is 0 Å². The quantitative estimate of drug-likeness (QED) is 0.718. The highest BCUT2D eigenvalue weighted by Crippen LogP contribution is 2.38. The molecule has 2 N–H and O–H groups in total. The molecule has 4 heterocycles. The number of nitrogens with one attached hydrogen (secondary N) is 2. The Morgan fingerprint density at radius 1 is 1.04 bits per heavy atom. The van der Waals surface area contributed by atoms with Crippen molar-refractivity contribution in [1.29, 1.82) is 0 Å². The molecule has 2 unspecified atom stereocenters. The van der Waals surface area contributed by atoms with Crippen LogP contribution < -0.4 is 5.32 Å². The van der Waals surface area contributed by atoms with Gasteiger partial charge < -0.3 is 15.2 Å².